The lowest BCUT2D eigenvalue weighted by molar-refractivity contribution is 0.654. The van der Waals surface area contributed by atoms with Crippen LogP contribution in [-0.4, -0.2) is 20.6 Å². The summed E-state index contributed by atoms with van der Waals surface area (Å²) in [7, 11) is 0. The molecule has 74 valence electrons. The lowest BCUT2D eigenvalue weighted by atomic mass is 10.1. The zero-order valence-corrected chi connectivity index (χ0v) is 9.01. The van der Waals surface area contributed by atoms with Gasteiger partial charge in [-0.1, -0.05) is 13.8 Å². The van der Waals surface area contributed by atoms with Gasteiger partial charge in [0.15, 0.2) is 0 Å². The van der Waals surface area contributed by atoms with Crippen molar-refractivity contribution in [1.82, 2.24) is 20.6 Å². The minimum atomic E-state index is 0.677. The van der Waals surface area contributed by atoms with Crippen molar-refractivity contribution in [2.75, 3.05) is 0 Å². The Morgan fingerprint density at radius 2 is 2.36 bits per heavy atom. The van der Waals surface area contributed by atoms with Crippen LogP contribution in [-0.2, 0) is 6.42 Å². The summed E-state index contributed by atoms with van der Waals surface area (Å²) in [5.41, 5.74) is 1.06. The number of aromatic nitrogens is 4. The van der Waals surface area contributed by atoms with Crippen LogP contribution < -0.4 is 0 Å². The molecule has 0 fully saturated rings. The van der Waals surface area contributed by atoms with Crippen molar-refractivity contribution in [1.29, 1.82) is 0 Å². The predicted molar refractivity (Wildman–Crippen MR) is 56.0 cm³/mol. The van der Waals surface area contributed by atoms with Gasteiger partial charge >= 0.3 is 0 Å². The van der Waals surface area contributed by atoms with Crippen molar-refractivity contribution in [2.45, 2.75) is 20.3 Å². The molecule has 0 amide bonds. The SMILES string of the molecule is CC(C)Cc1cc(-c2nn[nH]n2)cs1. The molecule has 4 nitrogen and oxygen atoms in total. The van der Waals surface area contributed by atoms with Crippen LogP contribution in [0.4, 0.5) is 0 Å². The highest BCUT2D eigenvalue weighted by Gasteiger charge is 2.07. The van der Waals surface area contributed by atoms with E-state index in [1.165, 1.54) is 4.88 Å². The highest BCUT2D eigenvalue weighted by Crippen LogP contribution is 2.23. The van der Waals surface area contributed by atoms with Gasteiger partial charge in [-0.2, -0.15) is 5.21 Å². The molecule has 2 heterocycles. The fraction of sp³-hybridized carbons (Fsp3) is 0.444. The molecular formula is C9H12N4S. The highest BCUT2D eigenvalue weighted by atomic mass is 32.1. The fourth-order valence-corrected chi connectivity index (χ4v) is 2.37. The normalized spacial score (nSPS) is 11.1. The smallest absolute Gasteiger partial charge is 0.177 e. The van der Waals surface area contributed by atoms with Crippen LogP contribution in [0.25, 0.3) is 11.4 Å². The van der Waals surface area contributed by atoms with Gasteiger partial charge in [-0.25, -0.2) is 0 Å². The van der Waals surface area contributed by atoms with Gasteiger partial charge in [0.25, 0.3) is 0 Å². The summed E-state index contributed by atoms with van der Waals surface area (Å²) in [4.78, 5) is 1.37. The van der Waals surface area contributed by atoms with Gasteiger partial charge in [-0.3, -0.25) is 0 Å². The van der Waals surface area contributed by atoms with Crippen LogP contribution in [0.15, 0.2) is 11.4 Å². The molecule has 0 saturated carbocycles. The second kappa shape index (κ2) is 3.88. The Kier molecular flexibility index (Phi) is 2.58. The van der Waals surface area contributed by atoms with Crippen LogP contribution in [0.3, 0.4) is 0 Å². The number of aromatic amines is 1. The average molecular weight is 208 g/mol. The van der Waals surface area contributed by atoms with Gasteiger partial charge in [-0.15, -0.1) is 21.5 Å². The van der Waals surface area contributed by atoms with Gasteiger partial charge in [0.2, 0.25) is 5.82 Å². The van der Waals surface area contributed by atoms with E-state index in [-0.39, 0.29) is 0 Å². The molecule has 0 atom stereocenters. The molecule has 2 rings (SSSR count). The molecular weight excluding hydrogens is 196 g/mol. The molecule has 14 heavy (non-hydrogen) atoms. The zero-order valence-electron chi connectivity index (χ0n) is 8.19. The molecule has 0 saturated heterocycles. The van der Waals surface area contributed by atoms with Crippen LogP contribution in [0.5, 0.6) is 0 Å². The maximum Gasteiger partial charge on any atom is 0.205 e. The number of nitrogens with one attached hydrogen (secondary N) is 1. The van der Waals surface area contributed by atoms with E-state index in [9.17, 15) is 0 Å². The van der Waals surface area contributed by atoms with E-state index < -0.39 is 0 Å². The number of rotatable bonds is 3. The Morgan fingerprint density at radius 3 is 3.00 bits per heavy atom. The molecule has 0 spiro atoms. The first-order valence-electron chi connectivity index (χ1n) is 4.57. The summed E-state index contributed by atoms with van der Waals surface area (Å²) < 4.78 is 0. The Bertz CT molecular complexity index is 391. The summed E-state index contributed by atoms with van der Waals surface area (Å²) in [5.74, 6) is 1.36. The second-order valence-electron chi connectivity index (χ2n) is 3.64. The number of hydrogen-bond donors (Lipinski definition) is 1. The predicted octanol–water partition coefficient (Wildman–Crippen LogP) is 2.13. The second-order valence-corrected chi connectivity index (χ2v) is 4.63. The molecule has 2 aromatic heterocycles. The van der Waals surface area contributed by atoms with Crippen LogP contribution in [0, 0.1) is 5.92 Å². The van der Waals surface area contributed by atoms with Crippen molar-refractivity contribution < 1.29 is 0 Å². The molecule has 0 unspecified atom stereocenters. The van der Waals surface area contributed by atoms with Crippen LogP contribution in [0.2, 0.25) is 0 Å². The maximum atomic E-state index is 3.94. The molecule has 0 bridgehead atoms. The molecule has 0 aliphatic heterocycles. The van der Waals surface area contributed by atoms with E-state index in [0.29, 0.717) is 11.7 Å². The van der Waals surface area contributed by atoms with Gasteiger partial charge in [0.05, 0.1) is 0 Å². The Hall–Kier alpha value is -1.23. The van der Waals surface area contributed by atoms with E-state index in [1.807, 2.05) is 0 Å². The monoisotopic (exact) mass is 208 g/mol. The third-order valence-electron chi connectivity index (χ3n) is 1.87. The molecule has 2 aromatic rings. The number of hydrogen-bond acceptors (Lipinski definition) is 4. The van der Waals surface area contributed by atoms with Gasteiger partial charge in [0.1, 0.15) is 0 Å². The first kappa shape index (κ1) is 9.33. The van der Waals surface area contributed by atoms with Crippen molar-refractivity contribution in [2.24, 2.45) is 5.92 Å². The van der Waals surface area contributed by atoms with Crippen molar-refractivity contribution in [3.05, 3.63) is 16.3 Å². The number of tetrazole rings is 1. The van der Waals surface area contributed by atoms with E-state index >= 15 is 0 Å². The number of nitrogens with zero attached hydrogens (tertiary/aromatic N) is 3. The largest absolute Gasteiger partial charge is 0.205 e. The first-order valence-corrected chi connectivity index (χ1v) is 5.45. The lowest BCUT2D eigenvalue weighted by Gasteiger charge is -1.98. The molecule has 1 N–H and O–H groups in total. The van der Waals surface area contributed by atoms with Gasteiger partial charge < -0.3 is 0 Å². The summed E-state index contributed by atoms with van der Waals surface area (Å²) in [5, 5.41) is 15.9. The Labute approximate surface area is 86.4 Å². The summed E-state index contributed by atoms with van der Waals surface area (Å²) in [6.07, 6.45) is 1.11. The molecule has 0 aliphatic rings. The summed E-state index contributed by atoms with van der Waals surface area (Å²) >= 11 is 1.75. The highest BCUT2D eigenvalue weighted by molar-refractivity contribution is 7.10. The minimum Gasteiger partial charge on any atom is -0.177 e. The third kappa shape index (κ3) is 1.98. The number of H-pyrrole nitrogens is 1. The standard InChI is InChI=1S/C9H12N4S/c1-6(2)3-8-4-7(5-14-8)9-10-12-13-11-9/h4-6H,3H2,1-2H3,(H,10,11,12,13). The third-order valence-corrected chi connectivity index (χ3v) is 2.83. The van der Waals surface area contributed by atoms with E-state index in [0.717, 1.165) is 12.0 Å². The molecule has 0 aromatic carbocycles. The minimum absolute atomic E-state index is 0.677. The molecule has 0 radical (unpaired) electrons. The van der Waals surface area contributed by atoms with E-state index in [2.05, 4.69) is 45.9 Å². The van der Waals surface area contributed by atoms with E-state index in [1.54, 1.807) is 11.3 Å². The first-order chi connectivity index (χ1) is 6.75. The van der Waals surface area contributed by atoms with Crippen molar-refractivity contribution in [3.8, 4) is 11.4 Å². The van der Waals surface area contributed by atoms with Crippen LogP contribution >= 0.6 is 11.3 Å². The van der Waals surface area contributed by atoms with Crippen molar-refractivity contribution in [3.63, 3.8) is 0 Å². The molecule has 0 aliphatic carbocycles. The Balaban J connectivity index is 2.18. The fourth-order valence-electron chi connectivity index (χ4n) is 1.29. The summed E-state index contributed by atoms with van der Waals surface area (Å²) in [6, 6.07) is 2.13. The topological polar surface area (TPSA) is 54.5 Å². The Morgan fingerprint density at radius 1 is 1.50 bits per heavy atom. The quantitative estimate of drug-likeness (QED) is 0.840. The molecule has 5 heteroatoms. The van der Waals surface area contributed by atoms with Gasteiger partial charge in [-0.05, 0) is 23.6 Å². The van der Waals surface area contributed by atoms with Gasteiger partial charge in [0, 0.05) is 15.8 Å². The summed E-state index contributed by atoms with van der Waals surface area (Å²) in [6.45, 7) is 4.43. The number of thiophene rings is 1. The maximum absolute atomic E-state index is 3.94. The van der Waals surface area contributed by atoms with Crippen molar-refractivity contribution >= 4 is 11.3 Å². The zero-order chi connectivity index (χ0) is 9.97. The van der Waals surface area contributed by atoms with Crippen LogP contribution in [0.1, 0.15) is 18.7 Å². The lowest BCUT2D eigenvalue weighted by Crippen LogP contribution is -1.89. The average Bonchev–Trinajstić information content (AvgIpc) is 2.69. The van der Waals surface area contributed by atoms with E-state index in [4.69, 9.17) is 0 Å².